The van der Waals surface area contributed by atoms with E-state index in [0.29, 0.717) is 21.9 Å². The zero-order chi connectivity index (χ0) is 19.1. The second kappa shape index (κ2) is 8.77. The van der Waals surface area contributed by atoms with Crippen LogP contribution >= 0.6 is 11.3 Å². The Kier molecular flexibility index (Phi) is 5.96. The van der Waals surface area contributed by atoms with E-state index in [9.17, 15) is 9.59 Å². The molecule has 6 nitrogen and oxygen atoms in total. The molecule has 0 aliphatic heterocycles. The molecule has 0 aliphatic carbocycles. The fraction of sp³-hybridized carbons (Fsp3) is 0.0500. The molecule has 0 aliphatic rings. The summed E-state index contributed by atoms with van der Waals surface area (Å²) in [6.45, 7) is 0. The summed E-state index contributed by atoms with van der Waals surface area (Å²) in [5.74, 6) is 0.145. The van der Waals surface area contributed by atoms with Crippen LogP contribution in [0.5, 0.6) is 11.5 Å². The van der Waals surface area contributed by atoms with E-state index in [1.807, 2.05) is 5.38 Å². The summed E-state index contributed by atoms with van der Waals surface area (Å²) in [7, 11) is 1.50. The number of nitrogens with one attached hydrogen (secondary N) is 1. The Balaban J connectivity index is 1.58. The first-order chi connectivity index (χ1) is 13.2. The number of rotatable bonds is 6. The van der Waals surface area contributed by atoms with Gasteiger partial charge in [-0.3, -0.25) is 4.79 Å². The second-order valence-electron chi connectivity index (χ2n) is 5.34. The predicted molar refractivity (Wildman–Crippen MR) is 104 cm³/mol. The zero-order valence-corrected chi connectivity index (χ0v) is 15.2. The van der Waals surface area contributed by atoms with Crippen LogP contribution in [-0.4, -0.2) is 25.2 Å². The summed E-state index contributed by atoms with van der Waals surface area (Å²) in [6, 6.07) is 17.2. The Bertz CT molecular complexity index is 950. The summed E-state index contributed by atoms with van der Waals surface area (Å²) in [6.07, 6.45) is 1.50. The molecule has 3 aromatic rings. The molecule has 1 amide bonds. The summed E-state index contributed by atoms with van der Waals surface area (Å²) in [5, 5.41) is 5.75. The van der Waals surface area contributed by atoms with E-state index >= 15 is 0 Å². The minimum absolute atomic E-state index is 0.370. The number of carbonyl (C=O) groups excluding carboxylic acids is 2. The van der Waals surface area contributed by atoms with Gasteiger partial charge in [0.05, 0.1) is 18.9 Å². The van der Waals surface area contributed by atoms with Gasteiger partial charge in [0.2, 0.25) is 0 Å². The molecule has 0 atom stereocenters. The van der Waals surface area contributed by atoms with Crippen molar-refractivity contribution in [1.82, 2.24) is 5.43 Å². The predicted octanol–water partition coefficient (Wildman–Crippen LogP) is 3.74. The average molecular weight is 380 g/mol. The summed E-state index contributed by atoms with van der Waals surface area (Å²) < 4.78 is 10.4. The first kappa shape index (κ1) is 18.3. The molecule has 27 heavy (non-hydrogen) atoms. The van der Waals surface area contributed by atoms with Gasteiger partial charge in [-0.15, -0.1) is 11.3 Å². The summed E-state index contributed by atoms with van der Waals surface area (Å²) in [4.78, 5) is 24.6. The van der Waals surface area contributed by atoms with Gasteiger partial charge in [0.1, 0.15) is 16.4 Å². The summed E-state index contributed by atoms with van der Waals surface area (Å²) >= 11 is 1.32. The lowest BCUT2D eigenvalue weighted by molar-refractivity contribution is 0.0739. The molecule has 1 aromatic heterocycles. The highest BCUT2D eigenvalue weighted by Crippen LogP contribution is 2.17. The van der Waals surface area contributed by atoms with Crippen LogP contribution in [-0.2, 0) is 0 Å². The second-order valence-corrected chi connectivity index (χ2v) is 6.28. The molecule has 0 spiro atoms. The number of amides is 1. The molecule has 0 fully saturated rings. The maximum absolute atomic E-state index is 12.1. The van der Waals surface area contributed by atoms with Crippen LogP contribution in [0, 0.1) is 0 Å². The van der Waals surface area contributed by atoms with Crippen molar-refractivity contribution in [2.45, 2.75) is 0 Å². The lowest BCUT2D eigenvalue weighted by atomic mass is 10.2. The Labute approximate surface area is 160 Å². The van der Waals surface area contributed by atoms with E-state index in [-0.39, 0.29) is 5.91 Å². The topological polar surface area (TPSA) is 77.0 Å². The molecular weight excluding hydrogens is 364 g/mol. The Morgan fingerprint density at radius 1 is 1.04 bits per heavy atom. The number of hydrogen-bond acceptors (Lipinski definition) is 6. The quantitative estimate of drug-likeness (QED) is 0.306. The monoisotopic (exact) mass is 380 g/mol. The van der Waals surface area contributed by atoms with Crippen molar-refractivity contribution >= 4 is 29.4 Å². The molecule has 136 valence electrons. The van der Waals surface area contributed by atoms with Crippen LogP contribution in [0.4, 0.5) is 0 Å². The van der Waals surface area contributed by atoms with Crippen LogP contribution in [0.3, 0.4) is 0 Å². The maximum atomic E-state index is 12.1. The van der Waals surface area contributed by atoms with Crippen LogP contribution in [0.15, 0.2) is 71.1 Å². The number of para-hydroxylation sites is 1. The minimum atomic E-state index is -0.393. The smallest absolute Gasteiger partial charge is 0.353 e. The van der Waals surface area contributed by atoms with Gasteiger partial charge < -0.3 is 9.47 Å². The van der Waals surface area contributed by atoms with Crippen LogP contribution in [0.1, 0.15) is 25.6 Å². The van der Waals surface area contributed by atoms with Crippen LogP contribution in [0.25, 0.3) is 0 Å². The maximum Gasteiger partial charge on any atom is 0.353 e. The Hall–Kier alpha value is -3.45. The molecule has 0 saturated heterocycles. The van der Waals surface area contributed by atoms with Crippen molar-refractivity contribution in [2.24, 2.45) is 5.10 Å². The van der Waals surface area contributed by atoms with Gasteiger partial charge in [0.25, 0.3) is 5.91 Å². The minimum Gasteiger partial charge on any atom is -0.496 e. The SMILES string of the molecule is COc1ccccc1C(=O)N/N=C/c1ccc(OC(=O)c2cccs2)cc1. The third-order valence-corrected chi connectivity index (χ3v) is 4.39. The van der Waals surface area contributed by atoms with Crippen molar-refractivity contribution in [3.8, 4) is 11.5 Å². The standard InChI is InChI=1S/C20H16N2O4S/c1-25-17-6-3-2-5-16(17)19(23)22-21-13-14-8-10-15(11-9-14)26-20(24)18-7-4-12-27-18/h2-13H,1H3,(H,22,23)/b21-13+. The van der Waals surface area contributed by atoms with Gasteiger partial charge in [-0.05, 0) is 53.4 Å². The van der Waals surface area contributed by atoms with Gasteiger partial charge >= 0.3 is 5.97 Å². The van der Waals surface area contributed by atoms with Crippen LogP contribution < -0.4 is 14.9 Å². The van der Waals surface area contributed by atoms with E-state index < -0.39 is 5.97 Å². The third-order valence-electron chi connectivity index (χ3n) is 3.54. The number of nitrogens with zero attached hydrogens (tertiary/aromatic N) is 1. The van der Waals surface area contributed by atoms with E-state index in [1.165, 1.54) is 24.7 Å². The normalized spacial score (nSPS) is 10.6. The molecule has 3 rings (SSSR count). The highest BCUT2D eigenvalue weighted by molar-refractivity contribution is 7.12. The average Bonchev–Trinajstić information content (AvgIpc) is 3.24. The van der Waals surface area contributed by atoms with Gasteiger partial charge in [0.15, 0.2) is 0 Å². The molecule has 0 saturated carbocycles. The zero-order valence-electron chi connectivity index (χ0n) is 14.4. The molecule has 2 aromatic carbocycles. The molecule has 0 radical (unpaired) electrons. The first-order valence-corrected chi connectivity index (χ1v) is 8.87. The Morgan fingerprint density at radius 3 is 2.52 bits per heavy atom. The number of benzene rings is 2. The molecule has 1 heterocycles. The Morgan fingerprint density at radius 2 is 1.81 bits per heavy atom. The van der Waals surface area contributed by atoms with Gasteiger partial charge in [0, 0.05) is 0 Å². The molecule has 1 N–H and O–H groups in total. The fourth-order valence-electron chi connectivity index (χ4n) is 2.23. The number of hydrogen-bond donors (Lipinski definition) is 1. The number of carbonyl (C=O) groups is 2. The lowest BCUT2D eigenvalue weighted by Gasteiger charge is -2.06. The number of ether oxygens (including phenoxy) is 2. The van der Waals surface area contributed by atoms with E-state index in [4.69, 9.17) is 9.47 Å². The number of hydrazone groups is 1. The van der Waals surface area contributed by atoms with Crippen LogP contribution in [0.2, 0.25) is 0 Å². The highest BCUT2D eigenvalue weighted by Gasteiger charge is 2.10. The van der Waals surface area contributed by atoms with E-state index in [0.717, 1.165) is 5.56 Å². The van der Waals surface area contributed by atoms with Crippen molar-refractivity contribution in [3.63, 3.8) is 0 Å². The number of methoxy groups -OCH3 is 1. The van der Waals surface area contributed by atoms with Gasteiger partial charge in [-0.25, -0.2) is 10.2 Å². The van der Waals surface area contributed by atoms with Gasteiger partial charge in [-0.2, -0.15) is 5.10 Å². The first-order valence-electron chi connectivity index (χ1n) is 7.99. The molecule has 7 heteroatoms. The van der Waals surface area contributed by atoms with E-state index in [1.54, 1.807) is 60.7 Å². The molecule has 0 bridgehead atoms. The molecular formula is C20H16N2O4S. The number of esters is 1. The largest absolute Gasteiger partial charge is 0.496 e. The molecule has 0 unspecified atom stereocenters. The number of thiophene rings is 1. The summed E-state index contributed by atoms with van der Waals surface area (Å²) in [5.41, 5.74) is 3.59. The van der Waals surface area contributed by atoms with Gasteiger partial charge in [-0.1, -0.05) is 18.2 Å². The van der Waals surface area contributed by atoms with Crippen molar-refractivity contribution < 1.29 is 19.1 Å². The van der Waals surface area contributed by atoms with E-state index in [2.05, 4.69) is 10.5 Å². The lowest BCUT2D eigenvalue weighted by Crippen LogP contribution is -2.18. The van der Waals surface area contributed by atoms with Crippen molar-refractivity contribution in [2.75, 3.05) is 7.11 Å². The van der Waals surface area contributed by atoms with Crippen molar-refractivity contribution in [1.29, 1.82) is 0 Å². The highest BCUT2D eigenvalue weighted by atomic mass is 32.1. The fourth-order valence-corrected chi connectivity index (χ4v) is 2.83. The third kappa shape index (κ3) is 4.80. The van der Waals surface area contributed by atoms with Crippen molar-refractivity contribution in [3.05, 3.63) is 82.0 Å².